The van der Waals surface area contributed by atoms with Gasteiger partial charge in [-0.2, -0.15) is 0 Å². The van der Waals surface area contributed by atoms with Gasteiger partial charge in [-0.05, 0) is 116 Å². The molecule has 0 aromatic heterocycles. The van der Waals surface area contributed by atoms with E-state index in [9.17, 15) is 0 Å². The van der Waals surface area contributed by atoms with Crippen LogP contribution in [0.3, 0.4) is 0 Å². The normalized spacial score (nSPS) is 19.6. The first-order chi connectivity index (χ1) is 26.1. The standard InChI is InChI=1S/C50H44O2P2/c1-49(2,3)53-45-39(43-35-21-11-7-17-31(35)29-32-18-8-12-22-36(32)43)25-15-27-41(45)51-47(53)48-52-42-28-16-26-40(46(42)54(48)50(4,5)6)44-37-23-13-9-19-33(37)30-34-20-10-14-24-38(34)44/h7-30,47-48H,1-6H3/t47-,48-,53?,54?/m0/s1. The van der Waals surface area contributed by atoms with Crippen molar-refractivity contribution < 1.29 is 9.47 Å². The number of benzene rings is 8. The molecule has 266 valence electrons. The summed E-state index contributed by atoms with van der Waals surface area (Å²) in [5.74, 6) is 1.82. The minimum Gasteiger partial charge on any atom is -0.481 e. The topological polar surface area (TPSA) is 18.5 Å². The highest BCUT2D eigenvalue weighted by Gasteiger charge is 2.55. The number of ether oxygens (including phenoxy) is 2. The molecule has 54 heavy (non-hydrogen) atoms. The first-order valence-corrected chi connectivity index (χ1v) is 21.9. The lowest BCUT2D eigenvalue weighted by Gasteiger charge is -2.40. The van der Waals surface area contributed by atoms with Gasteiger partial charge in [0, 0.05) is 10.6 Å². The molecule has 8 aromatic rings. The Morgan fingerprint density at radius 2 is 0.704 bits per heavy atom. The fourth-order valence-corrected chi connectivity index (χ4v) is 16.0. The molecule has 0 fully saturated rings. The van der Waals surface area contributed by atoms with Gasteiger partial charge in [0.25, 0.3) is 0 Å². The third-order valence-electron chi connectivity index (χ3n) is 11.3. The van der Waals surface area contributed by atoms with Crippen LogP contribution in [0.1, 0.15) is 41.5 Å². The SMILES string of the molecule is CC(C)(C)P1c2c(cccc2-c2c3ccccc3cc3ccccc23)O[C@@H]1[C@H]1Oc2cccc(-c3c4ccccc4cc4ccccc34)c2P1C(C)(C)C. The predicted octanol–water partition coefficient (Wildman–Crippen LogP) is 13.6. The molecule has 0 amide bonds. The Labute approximate surface area is 320 Å². The van der Waals surface area contributed by atoms with E-state index < -0.39 is 15.8 Å². The summed E-state index contributed by atoms with van der Waals surface area (Å²) >= 11 is 0. The molecule has 4 heteroatoms. The zero-order chi connectivity index (χ0) is 36.9. The molecule has 0 aliphatic carbocycles. The van der Waals surface area contributed by atoms with Gasteiger partial charge in [0.15, 0.2) is 11.7 Å². The molecule has 2 aliphatic heterocycles. The van der Waals surface area contributed by atoms with E-state index in [0.717, 1.165) is 11.5 Å². The van der Waals surface area contributed by atoms with Crippen molar-refractivity contribution in [2.45, 2.75) is 63.5 Å². The lowest BCUT2D eigenvalue weighted by atomic mass is 9.92. The molecular weight excluding hydrogens is 694 g/mol. The third-order valence-corrected chi connectivity index (χ3v) is 18.0. The fourth-order valence-electron chi connectivity index (χ4n) is 9.17. The van der Waals surface area contributed by atoms with Crippen molar-refractivity contribution >= 4 is 69.5 Å². The van der Waals surface area contributed by atoms with Crippen LogP contribution in [-0.2, 0) is 0 Å². The van der Waals surface area contributed by atoms with Crippen LogP contribution in [-0.4, -0.2) is 22.0 Å². The van der Waals surface area contributed by atoms with E-state index in [1.807, 2.05) is 0 Å². The van der Waals surface area contributed by atoms with Crippen molar-refractivity contribution in [3.8, 4) is 33.8 Å². The van der Waals surface area contributed by atoms with Gasteiger partial charge in [-0.3, -0.25) is 0 Å². The van der Waals surface area contributed by atoms with Crippen LogP contribution in [0.25, 0.3) is 65.3 Å². The van der Waals surface area contributed by atoms with Crippen molar-refractivity contribution in [3.63, 3.8) is 0 Å². The zero-order valence-corrected chi connectivity index (χ0v) is 33.5. The van der Waals surface area contributed by atoms with Crippen LogP contribution in [0.15, 0.2) is 146 Å². The molecule has 4 atom stereocenters. The Morgan fingerprint density at radius 3 is 1.02 bits per heavy atom. The molecule has 0 N–H and O–H groups in total. The Morgan fingerprint density at radius 1 is 0.389 bits per heavy atom. The summed E-state index contributed by atoms with van der Waals surface area (Å²) in [7, 11) is -1.72. The predicted molar refractivity (Wildman–Crippen MR) is 235 cm³/mol. The van der Waals surface area contributed by atoms with Crippen molar-refractivity contribution in [2.24, 2.45) is 0 Å². The Balaban J connectivity index is 1.18. The van der Waals surface area contributed by atoms with Gasteiger partial charge >= 0.3 is 0 Å². The fraction of sp³-hybridized carbons (Fsp3) is 0.200. The molecular formula is C50H44O2P2. The molecule has 0 spiro atoms. The van der Waals surface area contributed by atoms with Gasteiger partial charge in [0.1, 0.15) is 11.5 Å². The molecule has 10 rings (SSSR count). The average molecular weight is 739 g/mol. The second-order valence-corrected chi connectivity index (χ2v) is 22.9. The highest BCUT2D eigenvalue weighted by Crippen LogP contribution is 2.70. The second-order valence-electron chi connectivity index (χ2n) is 16.8. The maximum atomic E-state index is 7.38. The summed E-state index contributed by atoms with van der Waals surface area (Å²) in [5.41, 5.74) is 5.20. The van der Waals surface area contributed by atoms with Crippen molar-refractivity contribution in [3.05, 3.63) is 146 Å². The summed E-state index contributed by atoms with van der Waals surface area (Å²) in [5, 5.41) is 12.8. The molecule has 0 saturated heterocycles. The molecule has 8 aromatic carbocycles. The van der Waals surface area contributed by atoms with Crippen molar-refractivity contribution in [1.29, 1.82) is 0 Å². The van der Waals surface area contributed by atoms with Crippen LogP contribution >= 0.6 is 15.8 Å². The zero-order valence-electron chi connectivity index (χ0n) is 31.7. The second kappa shape index (κ2) is 12.4. The monoisotopic (exact) mass is 738 g/mol. The Kier molecular flexibility index (Phi) is 7.76. The largest absolute Gasteiger partial charge is 0.481 e. The van der Waals surface area contributed by atoms with E-state index in [1.165, 1.54) is 76.0 Å². The quantitative estimate of drug-likeness (QED) is 0.133. The van der Waals surface area contributed by atoms with Crippen LogP contribution < -0.4 is 20.1 Å². The van der Waals surface area contributed by atoms with E-state index in [4.69, 9.17) is 9.47 Å². The molecule has 2 nitrogen and oxygen atoms in total. The van der Waals surface area contributed by atoms with E-state index in [0.29, 0.717) is 0 Å². The number of rotatable bonds is 3. The minimum absolute atomic E-state index is 0.0482. The first kappa shape index (κ1) is 33.8. The lowest BCUT2D eigenvalue weighted by Crippen LogP contribution is -2.38. The molecule has 2 unspecified atom stereocenters. The average Bonchev–Trinajstić information content (AvgIpc) is 3.76. The van der Waals surface area contributed by atoms with E-state index >= 15 is 0 Å². The van der Waals surface area contributed by atoms with Crippen LogP contribution in [0, 0.1) is 0 Å². The first-order valence-electron chi connectivity index (χ1n) is 19.1. The van der Waals surface area contributed by atoms with Gasteiger partial charge in [-0.15, -0.1) is 0 Å². The molecule has 2 heterocycles. The molecule has 0 radical (unpaired) electrons. The van der Waals surface area contributed by atoms with E-state index in [-0.39, 0.29) is 22.0 Å². The summed E-state index contributed by atoms with van der Waals surface area (Å²) in [6.45, 7) is 14.5. The maximum Gasteiger partial charge on any atom is 0.162 e. The minimum atomic E-state index is -0.859. The van der Waals surface area contributed by atoms with E-state index in [1.54, 1.807) is 0 Å². The van der Waals surface area contributed by atoms with Crippen LogP contribution in [0.4, 0.5) is 0 Å². The van der Waals surface area contributed by atoms with Crippen LogP contribution in [0.5, 0.6) is 11.5 Å². The summed E-state index contributed by atoms with van der Waals surface area (Å²) in [4.78, 5) is 0. The van der Waals surface area contributed by atoms with Crippen LogP contribution in [0.2, 0.25) is 0 Å². The summed E-state index contributed by atoms with van der Waals surface area (Å²) in [6.07, 6.45) is 0. The number of fused-ring (bicyclic) bond motifs is 6. The lowest BCUT2D eigenvalue weighted by molar-refractivity contribution is 0.171. The maximum absolute atomic E-state index is 7.38. The number of hydrogen-bond donors (Lipinski definition) is 0. The highest BCUT2D eigenvalue weighted by molar-refractivity contribution is 7.72. The Hall–Kier alpha value is -4.74. The molecule has 0 bridgehead atoms. The van der Waals surface area contributed by atoms with E-state index in [2.05, 4.69) is 187 Å². The van der Waals surface area contributed by atoms with Gasteiger partial charge in [0.05, 0.1) is 0 Å². The van der Waals surface area contributed by atoms with Crippen molar-refractivity contribution in [1.82, 2.24) is 0 Å². The molecule has 0 saturated carbocycles. The van der Waals surface area contributed by atoms with Gasteiger partial charge in [-0.1, -0.05) is 163 Å². The van der Waals surface area contributed by atoms with Crippen molar-refractivity contribution in [2.75, 3.05) is 0 Å². The smallest absolute Gasteiger partial charge is 0.162 e. The third kappa shape index (κ3) is 5.21. The van der Waals surface area contributed by atoms with Gasteiger partial charge < -0.3 is 9.47 Å². The highest BCUT2D eigenvalue weighted by atomic mass is 31.1. The Bertz CT molecular complexity index is 2490. The summed E-state index contributed by atoms with van der Waals surface area (Å²) < 4.78 is 14.8. The van der Waals surface area contributed by atoms with Gasteiger partial charge in [-0.25, -0.2) is 0 Å². The molecule has 2 aliphatic rings. The van der Waals surface area contributed by atoms with Gasteiger partial charge in [0.2, 0.25) is 0 Å². The summed E-state index contributed by atoms with van der Waals surface area (Å²) in [6, 6.07) is 53.6. The number of hydrogen-bond acceptors (Lipinski definition) is 2.